The third-order valence-corrected chi connectivity index (χ3v) is 5.95. The molecule has 1 aliphatic carbocycles. The number of amides is 2. The summed E-state index contributed by atoms with van der Waals surface area (Å²) in [4.78, 5) is 32.0. The third-order valence-electron chi connectivity index (χ3n) is 5.64. The Kier molecular flexibility index (Phi) is 4.02. The molecule has 0 radical (unpaired) electrons. The van der Waals surface area contributed by atoms with E-state index in [0.29, 0.717) is 29.1 Å². The van der Waals surface area contributed by atoms with Crippen molar-refractivity contribution in [1.29, 1.82) is 0 Å². The molecule has 2 amide bonds. The zero-order valence-electron chi connectivity index (χ0n) is 15.0. The van der Waals surface area contributed by atoms with Crippen LogP contribution >= 0.6 is 11.6 Å². The van der Waals surface area contributed by atoms with Crippen LogP contribution in [0, 0.1) is 11.8 Å². The Morgan fingerprint density at radius 3 is 2.54 bits per heavy atom. The summed E-state index contributed by atoms with van der Waals surface area (Å²) in [6.45, 7) is 0. The highest BCUT2D eigenvalue weighted by atomic mass is 35.5. The molecule has 138 valence electrons. The number of benzene rings is 2. The fourth-order valence-corrected chi connectivity index (χ4v) is 4.53. The second kappa shape index (κ2) is 6.57. The lowest BCUT2D eigenvalue weighted by atomic mass is 9.85. The Labute approximate surface area is 167 Å². The topological polar surface area (TPSA) is 50.3 Å². The summed E-state index contributed by atoms with van der Waals surface area (Å²) >= 11 is 6.14. The van der Waals surface area contributed by atoms with Crippen molar-refractivity contribution >= 4 is 40.0 Å². The number of fused-ring (bicyclic) bond motifs is 2. The van der Waals surface area contributed by atoms with Crippen LogP contribution in [0.1, 0.15) is 12.8 Å². The van der Waals surface area contributed by atoms with Gasteiger partial charge >= 0.3 is 0 Å². The van der Waals surface area contributed by atoms with Gasteiger partial charge in [0.2, 0.25) is 11.8 Å². The van der Waals surface area contributed by atoms with Crippen molar-refractivity contribution in [2.75, 3.05) is 4.90 Å². The van der Waals surface area contributed by atoms with Crippen LogP contribution in [-0.4, -0.2) is 16.8 Å². The van der Waals surface area contributed by atoms with Crippen LogP contribution in [0.3, 0.4) is 0 Å². The minimum absolute atomic E-state index is 0.158. The number of halogens is 1. The molecule has 2 aromatic carbocycles. The summed E-state index contributed by atoms with van der Waals surface area (Å²) in [5, 5.41) is 1.57. The van der Waals surface area contributed by atoms with Crippen LogP contribution in [0.4, 0.5) is 5.69 Å². The lowest BCUT2D eigenvalue weighted by molar-refractivity contribution is -0.122. The van der Waals surface area contributed by atoms with E-state index in [2.05, 4.69) is 4.98 Å². The van der Waals surface area contributed by atoms with Crippen molar-refractivity contribution in [3.8, 4) is 11.1 Å². The predicted octanol–water partition coefficient (Wildman–Crippen LogP) is 4.92. The summed E-state index contributed by atoms with van der Waals surface area (Å²) in [5.74, 6) is -1.05. The number of hydrogen-bond donors (Lipinski definition) is 0. The SMILES string of the molecule is O=C1[C@@H]2CC=C(Cl)C[C@H]2C(=O)N1c1cccc2c(-c3ccccc3)ccnc12. The lowest BCUT2D eigenvalue weighted by Gasteiger charge is -2.18. The highest BCUT2D eigenvalue weighted by molar-refractivity contribution is 6.31. The van der Waals surface area contributed by atoms with Gasteiger partial charge in [0.15, 0.2) is 0 Å². The molecule has 0 unspecified atom stereocenters. The number of para-hydroxylation sites is 1. The lowest BCUT2D eigenvalue weighted by Crippen LogP contribution is -2.31. The first-order valence-corrected chi connectivity index (χ1v) is 9.68. The van der Waals surface area contributed by atoms with Crippen molar-refractivity contribution in [1.82, 2.24) is 4.98 Å². The van der Waals surface area contributed by atoms with E-state index >= 15 is 0 Å². The minimum Gasteiger partial charge on any atom is -0.274 e. The maximum atomic E-state index is 13.1. The quantitative estimate of drug-likeness (QED) is 0.585. The molecule has 1 aliphatic heterocycles. The van der Waals surface area contributed by atoms with Crippen LogP contribution in [0.5, 0.6) is 0 Å². The number of carbonyl (C=O) groups is 2. The number of aromatic nitrogens is 1. The highest BCUT2D eigenvalue weighted by Crippen LogP contribution is 2.42. The molecule has 28 heavy (non-hydrogen) atoms. The maximum absolute atomic E-state index is 13.1. The minimum atomic E-state index is -0.377. The molecule has 2 aliphatic rings. The first kappa shape index (κ1) is 17.1. The van der Waals surface area contributed by atoms with E-state index in [9.17, 15) is 9.59 Å². The van der Waals surface area contributed by atoms with Gasteiger partial charge in [-0.2, -0.15) is 0 Å². The van der Waals surface area contributed by atoms with Gasteiger partial charge in [0.05, 0.1) is 23.0 Å². The number of hydrogen-bond acceptors (Lipinski definition) is 3. The maximum Gasteiger partial charge on any atom is 0.238 e. The van der Waals surface area contributed by atoms with Crippen LogP contribution in [0.25, 0.3) is 22.0 Å². The normalized spacial score (nSPS) is 21.8. The Morgan fingerprint density at radius 1 is 0.929 bits per heavy atom. The standard InChI is InChI=1S/C23H17ClN2O2/c24-15-9-10-18-19(13-15)23(28)26(22(18)27)20-8-4-7-17-16(11-12-25-21(17)20)14-5-2-1-3-6-14/h1-9,11-12,18-19H,10,13H2/t18-,19-/m1/s1. The van der Waals surface area contributed by atoms with Gasteiger partial charge in [0.1, 0.15) is 0 Å². The molecule has 5 heteroatoms. The average molecular weight is 389 g/mol. The van der Waals surface area contributed by atoms with Crippen LogP contribution in [0.15, 0.2) is 71.9 Å². The molecule has 0 saturated carbocycles. The van der Waals surface area contributed by atoms with E-state index in [0.717, 1.165) is 16.5 Å². The van der Waals surface area contributed by atoms with Gasteiger partial charge in [-0.15, -0.1) is 0 Å². The second-order valence-electron chi connectivity index (χ2n) is 7.21. The van der Waals surface area contributed by atoms with Crippen molar-refractivity contribution in [3.05, 3.63) is 71.9 Å². The van der Waals surface area contributed by atoms with Crippen molar-refractivity contribution in [2.24, 2.45) is 11.8 Å². The number of anilines is 1. The van der Waals surface area contributed by atoms with Crippen molar-refractivity contribution in [2.45, 2.75) is 12.8 Å². The van der Waals surface area contributed by atoms with E-state index in [1.165, 1.54) is 4.90 Å². The number of imide groups is 1. The van der Waals surface area contributed by atoms with Gasteiger partial charge in [0, 0.05) is 16.6 Å². The zero-order chi connectivity index (χ0) is 19.3. The summed E-state index contributed by atoms with van der Waals surface area (Å²) in [6.07, 6.45) is 4.52. The molecule has 2 heterocycles. The van der Waals surface area contributed by atoms with Crippen LogP contribution in [0.2, 0.25) is 0 Å². The molecule has 0 N–H and O–H groups in total. The number of rotatable bonds is 2. The highest BCUT2D eigenvalue weighted by Gasteiger charge is 2.49. The van der Waals surface area contributed by atoms with E-state index in [1.54, 1.807) is 12.3 Å². The summed E-state index contributed by atoms with van der Waals surface area (Å²) in [6, 6.07) is 17.6. The summed E-state index contributed by atoms with van der Waals surface area (Å²) in [7, 11) is 0. The number of nitrogens with zero attached hydrogens (tertiary/aromatic N) is 2. The average Bonchev–Trinajstić information content (AvgIpc) is 2.97. The molecule has 4 nitrogen and oxygen atoms in total. The second-order valence-corrected chi connectivity index (χ2v) is 7.70. The summed E-state index contributed by atoms with van der Waals surface area (Å²) in [5.41, 5.74) is 3.29. The van der Waals surface area contributed by atoms with Crippen LogP contribution < -0.4 is 4.90 Å². The fraction of sp³-hybridized carbons (Fsp3) is 0.174. The van der Waals surface area contributed by atoms with Crippen LogP contribution in [-0.2, 0) is 9.59 Å². The molecular weight excluding hydrogens is 372 g/mol. The molecule has 5 rings (SSSR count). The smallest absolute Gasteiger partial charge is 0.238 e. The molecule has 1 fully saturated rings. The van der Waals surface area contributed by atoms with E-state index < -0.39 is 0 Å². The number of carbonyl (C=O) groups excluding carboxylic acids is 2. The Bertz CT molecular complexity index is 1140. The molecule has 1 aromatic heterocycles. The van der Waals surface area contributed by atoms with E-state index in [1.807, 2.05) is 54.6 Å². The predicted molar refractivity (Wildman–Crippen MR) is 110 cm³/mol. The Morgan fingerprint density at radius 2 is 1.71 bits per heavy atom. The van der Waals surface area contributed by atoms with Crippen molar-refractivity contribution < 1.29 is 9.59 Å². The van der Waals surface area contributed by atoms with Gasteiger partial charge in [-0.1, -0.05) is 60.1 Å². The number of pyridine rings is 1. The Balaban J connectivity index is 1.65. The molecule has 0 bridgehead atoms. The summed E-state index contributed by atoms with van der Waals surface area (Å²) < 4.78 is 0. The number of allylic oxidation sites excluding steroid dienone is 2. The fourth-order valence-electron chi connectivity index (χ4n) is 4.28. The van der Waals surface area contributed by atoms with Gasteiger partial charge in [0.25, 0.3) is 0 Å². The molecule has 3 aromatic rings. The van der Waals surface area contributed by atoms with Gasteiger partial charge in [-0.25, -0.2) is 4.90 Å². The van der Waals surface area contributed by atoms with Crippen molar-refractivity contribution in [3.63, 3.8) is 0 Å². The Hall–Kier alpha value is -2.98. The van der Waals surface area contributed by atoms with E-state index in [4.69, 9.17) is 11.6 Å². The largest absolute Gasteiger partial charge is 0.274 e. The molecule has 1 saturated heterocycles. The van der Waals surface area contributed by atoms with Gasteiger partial charge in [-0.05, 0) is 36.1 Å². The van der Waals surface area contributed by atoms with Gasteiger partial charge in [-0.3, -0.25) is 14.6 Å². The third kappa shape index (κ3) is 2.56. The molecule has 2 atom stereocenters. The molecular formula is C23H17ClN2O2. The monoisotopic (exact) mass is 388 g/mol. The first-order valence-electron chi connectivity index (χ1n) is 9.30. The first-order chi connectivity index (χ1) is 13.6. The van der Waals surface area contributed by atoms with E-state index in [-0.39, 0.29) is 23.7 Å². The molecule has 0 spiro atoms. The zero-order valence-corrected chi connectivity index (χ0v) is 15.8. The van der Waals surface area contributed by atoms with Gasteiger partial charge < -0.3 is 0 Å².